The van der Waals surface area contributed by atoms with Gasteiger partial charge in [0.25, 0.3) is 0 Å². The highest BCUT2D eigenvalue weighted by molar-refractivity contribution is 5.04. The zero-order chi connectivity index (χ0) is 9.80. The molecule has 1 N–H and O–H groups in total. The normalized spacial score (nSPS) is 18.4. The zero-order valence-corrected chi connectivity index (χ0v) is 8.04. The van der Waals surface area contributed by atoms with Crippen LogP contribution in [-0.4, -0.2) is 36.1 Å². The first-order valence-electron chi connectivity index (χ1n) is 4.89. The number of nitrogens with one attached hydrogen (secondary N) is 1. The third-order valence-electron chi connectivity index (χ3n) is 2.37. The Labute approximate surface area is 82.9 Å². The highest BCUT2D eigenvalue weighted by Crippen LogP contribution is 2.03. The Morgan fingerprint density at radius 3 is 2.86 bits per heavy atom. The highest BCUT2D eigenvalue weighted by Gasteiger charge is 2.10. The average molecular weight is 195 g/mol. The number of halogens is 1. The molecule has 1 aromatic heterocycles. The molecule has 0 saturated carbocycles. The van der Waals surface area contributed by atoms with E-state index in [2.05, 4.69) is 15.2 Å². The Kier molecular flexibility index (Phi) is 3.06. The van der Waals surface area contributed by atoms with Crippen LogP contribution >= 0.6 is 0 Å². The summed E-state index contributed by atoms with van der Waals surface area (Å²) in [6.07, 6.45) is 0. The average Bonchev–Trinajstić information content (AvgIpc) is 2.19. The maximum atomic E-state index is 12.8. The van der Waals surface area contributed by atoms with Crippen molar-refractivity contribution in [2.24, 2.45) is 0 Å². The second-order valence-electron chi connectivity index (χ2n) is 3.48. The Bertz CT molecular complexity index is 297. The van der Waals surface area contributed by atoms with Gasteiger partial charge in [-0.05, 0) is 12.1 Å². The maximum Gasteiger partial charge on any atom is 0.213 e. The van der Waals surface area contributed by atoms with Crippen molar-refractivity contribution >= 4 is 0 Å². The quantitative estimate of drug-likeness (QED) is 0.701. The minimum Gasteiger partial charge on any atom is -0.314 e. The van der Waals surface area contributed by atoms with E-state index in [0.717, 1.165) is 38.4 Å². The molecule has 0 radical (unpaired) electrons. The molecule has 0 unspecified atom stereocenters. The van der Waals surface area contributed by atoms with E-state index in [1.54, 1.807) is 6.07 Å². The molecule has 0 spiro atoms. The largest absolute Gasteiger partial charge is 0.314 e. The van der Waals surface area contributed by atoms with Crippen LogP contribution in [-0.2, 0) is 6.54 Å². The van der Waals surface area contributed by atoms with E-state index in [9.17, 15) is 4.39 Å². The van der Waals surface area contributed by atoms with Crippen LogP contribution in [0.4, 0.5) is 4.39 Å². The molecule has 1 aliphatic rings. The van der Waals surface area contributed by atoms with Crippen LogP contribution in [0.15, 0.2) is 18.2 Å². The molecule has 1 aliphatic heterocycles. The van der Waals surface area contributed by atoms with Crippen molar-refractivity contribution in [3.63, 3.8) is 0 Å². The molecule has 1 aromatic rings. The summed E-state index contributed by atoms with van der Waals surface area (Å²) in [5.74, 6) is -0.391. The van der Waals surface area contributed by atoms with E-state index in [1.165, 1.54) is 6.07 Å². The van der Waals surface area contributed by atoms with Crippen LogP contribution in [0.3, 0.4) is 0 Å². The molecule has 4 heteroatoms. The lowest BCUT2D eigenvalue weighted by Crippen LogP contribution is -2.43. The van der Waals surface area contributed by atoms with E-state index < -0.39 is 5.95 Å². The fourth-order valence-corrected chi connectivity index (χ4v) is 1.64. The van der Waals surface area contributed by atoms with E-state index in [0.29, 0.717) is 0 Å². The van der Waals surface area contributed by atoms with E-state index in [-0.39, 0.29) is 0 Å². The van der Waals surface area contributed by atoms with Gasteiger partial charge in [0.1, 0.15) is 0 Å². The van der Waals surface area contributed by atoms with Crippen LogP contribution in [0, 0.1) is 5.95 Å². The number of hydrogen-bond acceptors (Lipinski definition) is 3. The fourth-order valence-electron chi connectivity index (χ4n) is 1.64. The van der Waals surface area contributed by atoms with E-state index in [1.807, 2.05) is 6.07 Å². The molecule has 2 heterocycles. The van der Waals surface area contributed by atoms with Gasteiger partial charge in [-0.15, -0.1) is 0 Å². The molecule has 2 rings (SSSR count). The molecule has 0 bridgehead atoms. The molecule has 0 aromatic carbocycles. The molecule has 0 amide bonds. The van der Waals surface area contributed by atoms with Gasteiger partial charge in [0, 0.05) is 32.7 Å². The summed E-state index contributed by atoms with van der Waals surface area (Å²) in [5.41, 5.74) is 0.812. The monoisotopic (exact) mass is 195 g/mol. The lowest BCUT2D eigenvalue weighted by molar-refractivity contribution is 0.230. The third kappa shape index (κ3) is 2.49. The van der Waals surface area contributed by atoms with Crippen molar-refractivity contribution < 1.29 is 4.39 Å². The summed E-state index contributed by atoms with van der Waals surface area (Å²) in [4.78, 5) is 6.11. The van der Waals surface area contributed by atoms with Crippen LogP contribution in [0.25, 0.3) is 0 Å². The first kappa shape index (κ1) is 9.55. The van der Waals surface area contributed by atoms with Gasteiger partial charge in [-0.3, -0.25) is 4.90 Å². The van der Waals surface area contributed by atoms with Gasteiger partial charge in [-0.2, -0.15) is 4.39 Å². The molecular formula is C10H14FN3. The van der Waals surface area contributed by atoms with Gasteiger partial charge < -0.3 is 5.32 Å². The summed E-state index contributed by atoms with van der Waals surface area (Å²) >= 11 is 0. The van der Waals surface area contributed by atoms with Crippen molar-refractivity contribution in [2.45, 2.75) is 6.54 Å². The van der Waals surface area contributed by atoms with E-state index >= 15 is 0 Å². The molecule has 1 saturated heterocycles. The standard InChI is InChI=1S/C10H14FN3/c11-10-3-1-2-9(13-10)8-14-6-4-12-5-7-14/h1-3,12H,4-8H2. The Balaban J connectivity index is 1.95. The minimum absolute atomic E-state index is 0.391. The summed E-state index contributed by atoms with van der Waals surface area (Å²) in [6, 6.07) is 4.95. The van der Waals surface area contributed by atoms with Gasteiger partial charge >= 0.3 is 0 Å². The lowest BCUT2D eigenvalue weighted by Gasteiger charge is -2.26. The molecule has 3 nitrogen and oxygen atoms in total. The number of rotatable bonds is 2. The molecular weight excluding hydrogens is 181 g/mol. The van der Waals surface area contributed by atoms with Crippen LogP contribution in [0.5, 0.6) is 0 Å². The Hall–Kier alpha value is -1.00. The molecule has 0 aliphatic carbocycles. The predicted molar refractivity (Wildman–Crippen MR) is 52.3 cm³/mol. The number of hydrogen-bond donors (Lipinski definition) is 1. The van der Waals surface area contributed by atoms with Crippen molar-refractivity contribution in [2.75, 3.05) is 26.2 Å². The zero-order valence-electron chi connectivity index (χ0n) is 8.04. The van der Waals surface area contributed by atoms with Gasteiger partial charge in [0.05, 0.1) is 5.69 Å². The first-order valence-corrected chi connectivity index (χ1v) is 4.89. The molecule has 76 valence electrons. The van der Waals surface area contributed by atoms with Crippen molar-refractivity contribution in [1.82, 2.24) is 15.2 Å². The Morgan fingerprint density at radius 2 is 2.14 bits per heavy atom. The first-order chi connectivity index (χ1) is 6.84. The fraction of sp³-hybridized carbons (Fsp3) is 0.500. The summed E-state index contributed by atoms with van der Waals surface area (Å²) in [5, 5.41) is 3.28. The minimum atomic E-state index is -0.391. The number of nitrogens with zero attached hydrogens (tertiary/aromatic N) is 2. The Morgan fingerprint density at radius 1 is 1.36 bits per heavy atom. The summed E-state index contributed by atoms with van der Waals surface area (Å²) < 4.78 is 12.8. The third-order valence-corrected chi connectivity index (χ3v) is 2.37. The van der Waals surface area contributed by atoms with Crippen LogP contribution in [0.2, 0.25) is 0 Å². The van der Waals surface area contributed by atoms with Gasteiger partial charge in [-0.1, -0.05) is 6.07 Å². The van der Waals surface area contributed by atoms with Crippen molar-refractivity contribution in [1.29, 1.82) is 0 Å². The highest BCUT2D eigenvalue weighted by atomic mass is 19.1. The van der Waals surface area contributed by atoms with Crippen molar-refractivity contribution in [3.05, 3.63) is 29.8 Å². The number of pyridine rings is 1. The molecule has 14 heavy (non-hydrogen) atoms. The van der Waals surface area contributed by atoms with Crippen molar-refractivity contribution in [3.8, 4) is 0 Å². The predicted octanol–water partition coefficient (Wildman–Crippen LogP) is 0.626. The second kappa shape index (κ2) is 4.48. The van der Waals surface area contributed by atoms with Crippen LogP contribution in [0.1, 0.15) is 5.69 Å². The van der Waals surface area contributed by atoms with E-state index in [4.69, 9.17) is 0 Å². The molecule has 1 fully saturated rings. The summed E-state index contributed by atoms with van der Waals surface area (Å²) in [7, 11) is 0. The van der Waals surface area contributed by atoms with Gasteiger partial charge in [0.2, 0.25) is 5.95 Å². The SMILES string of the molecule is Fc1cccc(CN2CCNCC2)n1. The topological polar surface area (TPSA) is 28.2 Å². The number of aromatic nitrogens is 1. The maximum absolute atomic E-state index is 12.8. The molecule has 0 atom stereocenters. The van der Waals surface area contributed by atoms with Crippen LogP contribution < -0.4 is 5.32 Å². The summed E-state index contributed by atoms with van der Waals surface area (Å²) in [6.45, 7) is 4.79. The second-order valence-corrected chi connectivity index (χ2v) is 3.48. The lowest BCUT2D eigenvalue weighted by atomic mass is 10.3. The van der Waals surface area contributed by atoms with Gasteiger partial charge in [0.15, 0.2) is 0 Å². The number of piperazine rings is 1. The van der Waals surface area contributed by atoms with Gasteiger partial charge in [-0.25, -0.2) is 4.98 Å². The smallest absolute Gasteiger partial charge is 0.213 e.